The van der Waals surface area contributed by atoms with Gasteiger partial charge in [0.25, 0.3) is 0 Å². The number of aryl methyl sites for hydroxylation is 1. The Balaban J connectivity index is 2.58. The number of ether oxygens (including phenoxy) is 1. The quantitative estimate of drug-likeness (QED) is 0.481. The molecule has 150 valence electrons. The Kier molecular flexibility index (Phi) is 9.44. The number of esters is 1. The number of carbonyl (C=O) groups excluding carboxylic acids is 2. The van der Waals surface area contributed by atoms with Crippen molar-refractivity contribution >= 4 is 17.8 Å². The van der Waals surface area contributed by atoms with Gasteiger partial charge in [-0.3, -0.25) is 9.59 Å². The summed E-state index contributed by atoms with van der Waals surface area (Å²) in [4.78, 5) is 23.6. The lowest BCUT2D eigenvalue weighted by Gasteiger charge is -2.25. The van der Waals surface area contributed by atoms with Crippen molar-refractivity contribution in [3.63, 3.8) is 0 Å². The van der Waals surface area contributed by atoms with E-state index < -0.39 is 12.2 Å². The fourth-order valence-corrected chi connectivity index (χ4v) is 2.88. The van der Waals surface area contributed by atoms with E-state index in [1.807, 2.05) is 45.0 Å². The number of hydrogen-bond donors (Lipinski definition) is 1. The number of benzene rings is 1. The second-order valence-electron chi connectivity index (χ2n) is 8.45. The van der Waals surface area contributed by atoms with E-state index in [1.54, 1.807) is 6.08 Å². The van der Waals surface area contributed by atoms with Gasteiger partial charge in [0, 0.05) is 0 Å². The molecule has 0 spiro atoms. The van der Waals surface area contributed by atoms with Gasteiger partial charge in [0.2, 0.25) is 0 Å². The highest BCUT2D eigenvalue weighted by atomic mass is 16.6. The highest BCUT2D eigenvalue weighted by molar-refractivity contribution is 5.94. The van der Waals surface area contributed by atoms with Crippen LogP contribution in [0.15, 0.2) is 30.3 Å². The Hall–Kier alpha value is -1.94. The van der Waals surface area contributed by atoms with Crippen LogP contribution in [0.3, 0.4) is 0 Å². The van der Waals surface area contributed by atoms with E-state index >= 15 is 0 Å². The third kappa shape index (κ3) is 10.1. The van der Waals surface area contributed by atoms with Crippen molar-refractivity contribution in [1.29, 1.82) is 0 Å². The van der Waals surface area contributed by atoms with Crippen LogP contribution >= 0.6 is 0 Å². The van der Waals surface area contributed by atoms with Crippen LogP contribution in [-0.4, -0.2) is 29.1 Å². The largest absolute Gasteiger partial charge is 0.460 e. The van der Waals surface area contributed by atoms with Crippen LogP contribution in [0.25, 0.3) is 6.08 Å². The summed E-state index contributed by atoms with van der Waals surface area (Å²) >= 11 is 0. The third-order valence-corrected chi connectivity index (χ3v) is 4.11. The van der Waals surface area contributed by atoms with Gasteiger partial charge in [-0.25, -0.2) is 0 Å². The maximum Gasteiger partial charge on any atom is 0.309 e. The minimum absolute atomic E-state index is 0.0593. The zero-order chi connectivity index (χ0) is 20.4. The van der Waals surface area contributed by atoms with Gasteiger partial charge in [0.05, 0.1) is 5.92 Å². The summed E-state index contributed by atoms with van der Waals surface area (Å²) in [7, 11) is 0. The molecule has 0 unspecified atom stereocenters. The van der Waals surface area contributed by atoms with Crippen LogP contribution in [0, 0.1) is 11.8 Å². The van der Waals surface area contributed by atoms with Crippen molar-refractivity contribution in [2.45, 2.75) is 65.9 Å². The molecule has 0 aromatic heterocycles. The standard InChI is InChI=1S/C23H34O4/c1-17(2)15-20(22(26)27-23(3,4)5)8-6-7-18-9-11-19(12-10-18)13-14-21(25)16-24/h9-14,17,20,24H,6-8,15-16H2,1-5H3/b14-13+/t20-/m0/s1. The summed E-state index contributed by atoms with van der Waals surface area (Å²) < 4.78 is 5.58. The molecule has 4 heteroatoms. The Bertz CT molecular complexity index is 621. The second kappa shape index (κ2) is 11.0. The third-order valence-electron chi connectivity index (χ3n) is 4.11. The first-order chi connectivity index (χ1) is 12.6. The smallest absolute Gasteiger partial charge is 0.309 e. The van der Waals surface area contributed by atoms with Gasteiger partial charge in [0.15, 0.2) is 5.78 Å². The molecule has 0 aliphatic heterocycles. The van der Waals surface area contributed by atoms with Crippen LogP contribution in [0.5, 0.6) is 0 Å². The molecule has 1 aromatic carbocycles. The van der Waals surface area contributed by atoms with Gasteiger partial charge < -0.3 is 9.84 Å². The Morgan fingerprint density at radius 3 is 2.30 bits per heavy atom. The molecule has 1 N–H and O–H groups in total. The van der Waals surface area contributed by atoms with Crippen LogP contribution in [0.1, 0.15) is 65.0 Å². The molecule has 0 aliphatic rings. The molecule has 4 nitrogen and oxygen atoms in total. The van der Waals surface area contributed by atoms with Crippen LogP contribution in [-0.2, 0) is 20.7 Å². The Labute approximate surface area is 163 Å². The molecule has 1 rings (SSSR count). The van der Waals surface area contributed by atoms with Crippen molar-refractivity contribution in [3.05, 3.63) is 41.5 Å². The summed E-state index contributed by atoms with van der Waals surface area (Å²) in [5, 5.41) is 8.72. The van der Waals surface area contributed by atoms with Gasteiger partial charge in [0.1, 0.15) is 12.2 Å². The van der Waals surface area contributed by atoms with Gasteiger partial charge in [-0.05, 0) is 69.6 Å². The molecule has 1 atom stereocenters. The second-order valence-corrected chi connectivity index (χ2v) is 8.45. The minimum Gasteiger partial charge on any atom is -0.460 e. The van der Waals surface area contributed by atoms with Crippen molar-refractivity contribution in [2.75, 3.05) is 6.61 Å². The molecule has 0 amide bonds. The first-order valence-corrected chi connectivity index (χ1v) is 9.74. The number of rotatable bonds is 10. The number of aliphatic hydroxyl groups is 1. The highest BCUT2D eigenvalue weighted by Gasteiger charge is 2.25. The Morgan fingerprint density at radius 1 is 1.15 bits per heavy atom. The van der Waals surface area contributed by atoms with Gasteiger partial charge >= 0.3 is 5.97 Å². The lowest BCUT2D eigenvalue weighted by molar-refractivity contribution is -0.160. The van der Waals surface area contributed by atoms with E-state index in [4.69, 9.17) is 9.84 Å². The lowest BCUT2D eigenvalue weighted by Crippen LogP contribution is -2.29. The van der Waals surface area contributed by atoms with Gasteiger partial charge in [-0.15, -0.1) is 0 Å². The normalized spacial score (nSPS) is 13.1. The molecule has 0 aliphatic carbocycles. The summed E-state index contributed by atoms with van der Waals surface area (Å²) in [6.07, 6.45) is 6.57. The maximum absolute atomic E-state index is 12.5. The van der Waals surface area contributed by atoms with Crippen molar-refractivity contribution in [3.8, 4) is 0 Å². The van der Waals surface area contributed by atoms with E-state index in [1.165, 1.54) is 11.6 Å². The van der Waals surface area contributed by atoms with E-state index in [0.717, 1.165) is 31.2 Å². The van der Waals surface area contributed by atoms with Gasteiger partial charge in [-0.2, -0.15) is 0 Å². The molecular formula is C23H34O4. The summed E-state index contributed by atoms with van der Waals surface area (Å²) in [6, 6.07) is 7.98. The van der Waals surface area contributed by atoms with E-state index in [0.29, 0.717) is 5.92 Å². The zero-order valence-corrected chi connectivity index (χ0v) is 17.3. The molecule has 0 radical (unpaired) electrons. The summed E-state index contributed by atoms with van der Waals surface area (Å²) in [5.74, 6) is -0.00575. The average molecular weight is 375 g/mol. The van der Waals surface area contributed by atoms with Crippen molar-refractivity contribution in [1.82, 2.24) is 0 Å². The number of aliphatic hydroxyl groups excluding tert-OH is 1. The topological polar surface area (TPSA) is 63.6 Å². The van der Waals surface area contributed by atoms with E-state index in [-0.39, 0.29) is 17.7 Å². The number of ketones is 1. The number of carbonyl (C=O) groups is 2. The Morgan fingerprint density at radius 2 is 1.78 bits per heavy atom. The molecule has 0 bridgehead atoms. The molecule has 27 heavy (non-hydrogen) atoms. The lowest BCUT2D eigenvalue weighted by atomic mass is 9.91. The molecule has 0 saturated heterocycles. The predicted octanol–water partition coefficient (Wildman–Crippen LogP) is 4.59. The van der Waals surface area contributed by atoms with Crippen molar-refractivity contribution < 1.29 is 19.4 Å². The van der Waals surface area contributed by atoms with E-state index in [9.17, 15) is 9.59 Å². The first-order valence-electron chi connectivity index (χ1n) is 9.74. The van der Waals surface area contributed by atoms with Gasteiger partial charge in [-0.1, -0.05) is 44.2 Å². The monoisotopic (exact) mass is 374 g/mol. The highest BCUT2D eigenvalue weighted by Crippen LogP contribution is 2.23. The first kappa shape index (κ1) is 23.1. The molecule has 0 fully saturated rings. The van der Waals surface area contributed by atoms with Crippen molar-refractivity contribution in [2.24, 2.45) is 11.8 Å². The van der Waals surface area contributed by atoms with Crippen LogP contribution in [0.4, 0.5) is 0 Å². The maximum atomic E-state index is 12.5. The molecule has 0 heterocycles. The average Bonchev–Trinajstić information content (AvgIpc) is 2.58. The summed E-state index contributed by atoms with van der Waals surface area (Å²) in [6.45, 7) is 9.50. The fourth-order valence-electron chi connectivity index (χ4n) is 2.88. The van der Waals surface area contributed by atoms with E-state index in [2.05, 4.69) is 13.8 Å². The molecule has 0 saturated carbocycles. The summed E-state index contributed by atoms with van der Waals surface area (Å²) in [5.41, 5.74) is 1.67. The van der Waals surface area contributed by atoms with Crippen LogP contribution < -0.4 is 0 Å². The minimum atomic E-state index is -0.468. The van der Waals surface area contributed by atoms with Crippen LogP contribution in [0.2, 0.25) is 0 Å². The number of hydrogen-bond acceptors (Lipinski definition) is 4. The zero-order valence-electron chi connectivity index (χ0n) is 17.3. The molecular weight excluding hydrogens is 340 g/mol. The SMILES string of the molecule is CC(C)C[C@H](CCCc1ccc(/C=C/C(=O)CO)cc1)C(=O)OC(C)(C)C. The molecule has 1 aromatic rings. The fraction of sp³-hybridized carbons (Fsp3) is 0.565. The predicted molar refractivity (Wildman–Crippen MR) is 109 cm³/mol.